The van der Waals surface area contributed by atoms with Gasteiger partial charge in [-0.1, -0.05) is 56.4 Å². The van der Waals surface area contributed by atoms with E-state index < -0.39 is 0 Å². The zero-order valence-electron chi connectivity index (χ0n) is 21.2. The van der Waals surface area contributed by atoms with Crippen molar-refractivity contribution in [1.82, 2.24) is 24.8 Å². The Labute approximate surface area is 206 Å². The molecule has 0 spiro atoms. The Kier molecular flexibility index (Phi) is 7.02. The first-order chi connectivity index (χ1) is 16.1. The normalized spacial score (nSPS) is 14.8. The number of carbonyl (C=O) groups excluding carboxylic acids is 1. The van der Waals surface area contributed by atoms with E-state index in [1.807, 2.05) is 9.42 Å². The summed E-state index contributed by atoms with van der Waals surface area (Å²) in [5.41, 5.74) is 3.19. The number of imidazole rings is 1. The van der Waals surface area contributed by atoms with Crippen LogP contribution in [0.4, 0.5) is 15.7 Å². The van der Waals surface area contributed by atoms with Crippen molar-refractivity contribution in [2.24, 2.45) is 5.92 Å². The molecule has 3 heterocycles. The van der Waals surface area contributed by atoms with Gasteiger partial charge in [-0.3, -0.25) is 0 Å². The van der Waals surface area contributed by atoms with E-state index >= 15 is 0 Å². The lowest BCUT2D eigenvalue weighted by Crippen LogP contribution is -2.52. The number of aromatic nitrogens is 3. The highest BCUT2D eigenvalue weighted by Gasteiger charge is 2.26. The Morgan fingerprint density at radius 1 is 1.12 bits per heavy atom. The Balaban J connectivity index is 1.55. The fraction of sp³-hybridized carbons (Fsp3) is 0.560. The molecule has 9 heteroatoms. The quantitative estimate of drug-likeness (QED) is 0.531. The molecule has 184 valence electrons. The SMILES string of the molecule is CCc1ccc(-c2nc3sc(N4CCN(C(=O)NCC(C)C)CC4)nn3c2NC(C)(C)C)cc1. The lowest BCUT2D eigenvalue weighted by Gasteiger charge is -2.34. The standard InChI is InChI=1S/C25H37N7OS/c1-7-18-8-10-19(11-9-18)20-21(28-25(4,5)6)32-23(27-20)34-24(29-32)31-14-12-30(13-15-31)22(33)26-16-17(2)3/h8-11,17,28H,7,12-16H2,1-6H3,(H,26,33). The molecule has 1 saturated heterocycles. The average molecular weight is 484 g/mol. The smallest absolute Gasteiger partial charge is 0.317 e. The number of nitrogens with one attached hydrogen (secondary N) is 2. The van der Waals surface area contributed by atoms with Crippen molar-refractivity contribution in [1.29, 1.82) is 0 Å². The molecule has 0 bridgehead atoms. The van der Waals surface area contributed by atoms with Crippen LogP contribution in [0.2, 0.25) is 0 Å². The van der Waals surface area contributed by atoms with Gasteiger partial charge < -0.3 is 20.4 Å². The number of amides is 2. The average Bonchev–Trinajstić information content (AvgIpc) is 3.36. The Morgan fingerprint density at radius 2 is 1.79 bits per heavy atom. The molecule has 1 aliphatic rings. The predicted octanol–water partition coefficient (Wildman–Crippen LogP) is 4.72. The lowest BCUT2D eigenvalue weighted by atomic mass is 10.1. The number of aryl methyl sites for hydroxylation is 1. The van der Waals surface area contributed by atoms with Gasteiger partial charge in [-0.25, -0.2) is 9.78 Å². The molecule has 1 fully saturated rings. The summed E-state index contributed by atoms with van der Waals surface area (Å²) in [5.74, 6) is 1.36. The van der Waals surface area contributed by atoms with Crippen LogP contribution in [0.3, 0.4) is 0 Å². The van der Waals surface area contributed by atoms with Crippen molar-refractivity contribution in [2.75, 3.05) is 42.9 Å². The van der Waals surface area contributed by atoms with E-state index in [4.69, 9.17) is 10.1 Å². The number of fused-ring (bicyclic) bond motifs is 1. The maximum atomic E-state index is 12.4. The fourth-order valence-electron chi connectivity index (χ4n) is 3.94. The molecule has 0 atom stereocenters. The number of carbonyl (C=O) groups is 1. The second kappa shape index (κ2) is 9.82. The predicted molar refractivity (Wildman–Crippen MR) is 141 cm³/mol. The molecule has 2 amide bonds. The highest BCUT2D eigenvalue weighted by Crippen LogP contribution is 2.35. The highest BCUT2D eigenvalue weighted by atomic mass is 32.1. The molecule has 3 aromatic rings. The van der Waals surface area contributed by atoms with Crippen molar-refractivity contribution in [3.63, 3.8) is 0 Å². The van der Waals surface area contributed by atoms with E-state index in [1.54, 1.807) is 11.3 Å². The Morgan fingerprint density at radius 3 is 2.38 bits per heavy atom. The summed E-state index contributed by atoms with van der Waals surface area (Å²) in [5, 5.41) is 12.5. The van der Waals surface area contributed by atoms with Gasteiger partial charge in [0.25, 0.3) is 0 Å². The van der Waals surface area contributed by atoms with Crippen LogP contribution in [0.15, 0.2) is 24.3 Å². The van der Waals surface area contributed by atoms with Gasteiger partial charge in [-0.15, -0.1) is 5.10 Å². The second-order valence-electron chi connectivity index (χ2n) is 10.4. The number of anilines is 2. The van der Waals surface area contributed by atoms with E-state index in [1.165, 1.54) is 5.56 Å². The van der Waals surface area contributed by atoms with Crippen LogP contribution in [0.25, 0.3) is 16.2 Å². The minimum atomic E-state index is -0.132. The minimum absolute atomic E-state index is 0.0256. The first-order valence-electron chi connectivity index (χ1n) is 12.2. The first kappa shape index (κ1) is 24.3. The molecular formula is C25H37N7OS. The van der Waals surface area contributed by atoms with Crippen LogP contribution in [-0.2, 0) is 6.42 Å². The summed E-state index contributed by atoms with van der Waals surface area (Å²) in [6, 6.07) is 8.64. The van der Waals surface area contributed by atoms with E-state index in [-0.39, 0.29) is 11.6 Å². The minimum Gasteiger partial charge on any atom is -0.364 e. The summed E-state index contributed by atoms with van der Waals surface area (Å²) < 4.78 is 1.94. The molecule has 0 radical (unpaired) electrons. The molecule has 2 aromatic heterocycles. The maximum absolute atomic E-state index is 12.4. The number of hydrogen-bond acceptors (Lipinski definition) is 6. The third-order valence-electron chi connectivity index (χ3n) is 5.82. The number of hydrogen-bond donors (Lipinski definition) is 2. The van der Waals surface area contributed by atoms with Gasteiger partial charge in [0.1, 0.15) is 5.69 Å². The van der Waals surface area contributed by atoms with Gasteiger partial charge in [-0.05, 0) is 38.7 Å². The molecule has 0 aliphatic carbocycles. The topological polar surface area (TPSA) is 77.8 Å². The van der Waals surface area contributed by atoms with Crippen molar-refractivity contribution in [2.45, 2.75) is 53.5 Å². The number of rotatable bonds is 6. The largest absolute Gasteiger partial charge is 0.364 e. The van der Waals surface area contributed by atoms with Gasteiger partial charge in [0.15, 0.2) is 5.82 Å². The molecule has 4 rings (SSSR count). The highest BCUT2D eigenvalue weighted by molar-refractivity contribution is 7.20. The summed E-state index contributed by atoms with van der Waals surface area (Å²) >= 11 is 1.60. The Hall–Kier alpha value is -2.81. The summed E-state index contributed by atoms with van der Waals surface area (Å²) in [6.07, 6.45) is 1.02. The van der Waals surface area contributed by atoms with Gasteiger partial charge >= 0.3 is 6.03 Å². The van der Waals surface area contributed by atoms with Gasteiger partial charge in [0.2, 0.25) is 10.1 Å². The van der Waals surface area contributed by atoms with Crippen LogP contribution in [0, 0.1) is 5.92 Å². The van der Waals surface area contributed by atoms with Crippen LogP contribution in [-0.4, -0.2) is 63.8 Å². The van der Waals surface area contributed by atoms with Crippen molar-refractivity contribution in [3.8, 4) is 11.3 Å². The third kappa shape index (κ3) is 5.46. The second-order valence-corrected chi connectivity index (χ2v) is 11.3. The molecular weight excluding hydrogens is 446 g/mol. The van der Waals surface area contributed by atoms with E-state index in [0.29, 0.717) is 25.6 Å². The zero-order chi connectivity index (χ0) is 24.5. The molecule has 0 unspecified atom stereocenters. The van der Waals surface area contributed by atoms with Crippen LogP contribution >= 0.6 is 11.3 Å². The number of urea groups is 1. The summed E-state index contributed by atoms with van der Waals surface area (Å²) in [7, 11) is 0. The molecule has 8 nitrogen and oxygen atoms in total. The van der Waals surface area contributed by atoms with Crippen molar-refractivity contribution in [3.05, 3.63) is 29.8 Å². The van der Waals surface area contributed by atoms with E-state index in [0.717, 1.165) is 46.7 Å². The lowest BCUT2D eigenvalue weighted by molar-refractivity contribution is 0.193. The van der Waals surface area contributed by atoms with E-state index in [2.05, 4.69) is 81.3 Å². The van der Waals surface area contributed by atoms with E-state index in [9.17, 15) is 4.79 Å². The number of nitrogens with zero attached hydrogens (tertiary/aromatic N) is 5. The Bertz CT molecular complexity index is 1120. The molecule has 34 heavy (non-hydrogen) atoms. The van der Waals surface area contributed by atoms with Gasteiger partial charge in [0, 0.05) is 43.8 Å². The molecule has 1 aromatic carbocycles. The molecule has 1 aliphatic heterocycles. The summed E-state index contributed by atoms with van der Waals surface area (Å²) in [6.45, 7) is 16.4. The molecule has 2 N–H and O–H groups in total. The van der Waals surface area contributed by atoms with Crippen molar-refractivity contribution >= 4 is 33.3 Å². The van der Waals surface area contributed by atoms with Crippen LogP contribution < -0.4 is 15.5 Å². The van der Waals surface area contributed by atoms with Crippen LogP contribution in [0.1, 0.15) is 47.1 Å². The van der Waals surface area contributed by atoms with Gasteiger partial charge in [0.05, 0.1) is 0 Å². The maximum Gasteiger partial charge on any atom is 0.317 e. The monoisotopic (exact) mass is 483 g/mol. The van der Waals surface area contributed by atoms with Crippen molar-refractivity contribution < 1.29 is 4.79 Å². The molecule has 0 saturated carbocycles. The first-order valence-corrected chi connectivity index (χ1v) is 13.0. The van der Waals surface area contributed by atoms with Gasteiger partial charge in [-0.2, -0.15) is 4.52 Å². The fourth-order valence-corrected chi connectivity index (χ4v) is 4.89. The number of piperazine rings is 1. The zero-order valence-corrected chi connectivity index (χ0v) is 22.0. The van der Waals surface area contributed by atoms with Crippen LogP contribution in [0.5, 0.6) is 0 Å². The summed E-state index contributed by atoms with van der Waals surface area (Å²) in [4.78, 5) is 22.4. The third-order valence-corrected chi connectivity index (χ3v) is 6.79. The number of benzene rings is 1.